The fourth-order valence-corrected chi connectivity index (χ4v) is 5.09. The molecule has 178 valence electrons. The molecule has 0 bridgehead atoms. The van der Waals surface area contributed by atoms with Gasteiger partial charge >= 0.3 is 0 Å². The van der Waals surface area contributed by atoms with Crippen molar-refractivity contribution in [1.29, 1.82) is 0 Å². The molecule has 2 aromatic carbocycles. The minimum Gasteiger partial charge on any atom is -0.364 e. The van der Waals surface area contributed by atoms with Gasteiger partial charge in [-0.1, -0.05) is 23.5 Å². The molecule has 1 aliphatic rings. The van der Waals surface area contributed by atoms with Crippen LogP contribution in [0.4, 0.5) is 19.7 Å². The second kappa shape index (κ2) is 8.96. The Morgan fingerprint density at radius 3 is 2.38 bits per heavy atom. The molecule has 3 heterocycles. The Hall–Kier alpha value is -3.04. The van der Waals surface area contributed by atoms with Crippen LogP contribution in [0.1, 0.15) is 26.3 Å². The molecule has 0 radical (unpaired) electrons. The lowest BCUT2D eigenvalue weighted by molar-refractivity contribution is 0.249. The molecule has 0 spiro atoms. The van der Waals surface area contributed by atoms with E-state index in [0.29, 0.717) is 0 Å². The molecule has 6 nitrogen and oxygen atoms in total. The van der Waals surface area contributed by atoms with Gasteiger partial charge in [-0.3, -0.25) is 4.90 Å². The molecule has 0 unspecified atom stereocenters. The first kappa shape index (κ1) is 22.7. The van der Waals surface area contributed by atoms with Gasteiger partial charge in [-0.15, -0.1) is 5.10 Å². The van der Waals surface area contributed by atoms with Crippen LogP contribution in [0.2, 0.25) is 0 Å². The average molecular weight is 483 g/mol. The van der Waals surface area contributed by atoms with Crippen molar-refractivity contribution in [3.8, 4) is 11.3 Å². The minimum absolute atomic E-state index is 0.193. The number of hydrogen-bond acceptors (Lipinski definition) is 6. The summed E-state index contributed by atoms with van der Waals surface area (Å²) in [5, 5.41) is 9.36. The standard InChI is InChI=1S/C25H28F2N6S/c1-25(2,3)29-22-21(18-7-9-19(26)10-8-18)28-23-33(22)30-24(34-23)32-13-11-31(12-14-32)16-17-5-4-6-20(27)15-17/h4-10,15,29H,11-14,16H2,1-3H3. The molecule has 4 aromatic rings. The van der Waals surface area contributed by atoms with Crippen LogP contribution in [0.3, 0.4) is 0 Å². The largest absolute Gasteiger partial charge is 0.364 e. The van der Waals surface area contributed by atoms with E-state index in [1.807, 2.05) is 10.6 Å². The molecule has 0 amide bonds. The number of nitrogens with one attached hydrogen (secondary N) is 1. The van der Waals surface area contributed by atoms with E-state index in [1.54, 1.807) is 35.6 Å². The molecule has 9 heteroatoms. The zero-order valence-corrected chi connectivity index (χ0v) is 20.4. The number of piperazine rings is 1. The summed E-state index contributed by atoms with van der Waals surface area (Å²) in [6, 6.07) is 13.2. The van der Waals surface area contributed by atoms with Gasteiger partial charge in [0.1, 0.15) is 17.3 Å². The highest BCUT2D eigenvalue weighted by molar-refractivity contribution is 7.20. The van der Waals surface area contributed by atoms with Gasteiger partial charge in [0.15, 0.2) is 5.82 Å². The van der Waals surface area contributed by atoms with Crippen LogP contribution >= 0.6 is 11.3 Å². The molecule has 0 aliphatic carbocycles. The molecule has 5 rings (SSSR count). The molecule has 1 N–H and O–H groups in total. The highest BCUT2D eigenvalue weighted by Crippen LogP contribution is 2.35. The van der Waals surface area contributed by atoms with Gasteiger partial charge in [-0.05, 0) is 62.7 Å². The third-order valence-corrected chi connectivity index (χ3v) is 6.71. The molecule has 2 aromatic heterocycles. The predicted octanol–water partition coefficient (Wildman–Crippen LogP) is 5.27. The summed E-state index contributed by atoms with van der Waals surface area (Å²) in [7, 11) is 0. The molecule has 0 saturated carbocycles. The van der Waals surface area contributed by atoms with Gasteiger partial charge in [0, 0.05) is 43.8 Å². The fraction of sp³-hybridized carbons (Fsp3) is 0.360. The fourth-order valence-electron chi connectivity index (χ4n) is 4.13. The zero-order chi connectivity index (χ0) is 23.9. The van der Waals surface area contributed by atoms with Crippen LogP contribution < -0.4 is 10.2 Å². The highest BCUT2D eigenvalue weighted by Gasteiger charge is 2.25. The number of anilines is 2. The maximum Gasteiger partial charge on any atom is 0.216 e. The van der Waals surface area contributed by atoms with E-state index < -0.39 is 0 Å². The number of fused-ring (bicyclic) bond motifs is 1. The number of benzene rings is 2. The third kappa shape index (κ3) is 4.90. The summed E-state index contributed by atoms with van der Waals surface area (Å²) in [5.74, 6) is 0.343. The summed E-state index contributed by atoms with van der Waals surface area (Å²) < 4.78 is 28.8. The van der Waals surface area contributed by atoms with E-state index in [2.05, 4.69) is 35.9 Å². The normalized spacial score (nSPS) is 15.3. The Bertz CT molecular complexity index is 1280. The van der Waals surface area contributed by atoms with Crippen molar-refractivity contribution in [2.45, 2.75) is 32.9 Å². The SMILES string of the molecule is CC(C)(C)Nc1c(-c2ccc(F)cc2)nc2sc(N3CCN(Cc4cccc(F)c4)CC3)nn12. The first-order valence-electron chi connectivity index (χ1n) is 11.4. The van der Waals surface area contributed by atoms with Gasteiger partial charge < -0.3 is 10.2 Å². The van der Waals surface area contributed by atoms with Crippen molar-refractivity contribution >= 4 is 27.2 Å². The van der Waals surface area contributed by atoms with Gasteiger partial charge in [0.25, 0.3) is 0 Å². The lowest BCUT2D eigenvalue weighted by Gasteiger charge is -2.34. The molecule has 1 aliphatic heterocycles. The van der Waals surface area contributed by atoms with Crippen molar-refractivity contribution in [3.05, 3.63) is 65.7 Å². The quantitative estimate of drug-likeness (QED) is 0.420. The Kier molecular flexibility index (Phi) is 5.99. The van der Waals surface area contributed by atoms with Crippen molar-refractivity contribution in [2.75, 3.05) is 36.4 Å². The monoisotopic (exact) mass is 482 g/mol. The Balaban J connectivity index is 1.36. The number of rotatable bonds is 5. The first-order valence-corrected chi connectivity index (χ1v) is 12.2. The molecule has 1 fully saturated rings. The minimum atomic E-state index is -0.271. The van der Waals surface area contributed by atoms with E-state index in [0.717, 1.165) is 65.5 Å². The lowest BCUT2D eigenvalue weighted by Crippen LogP contribution is -2.46. The molecule has 0 atom stereocenters. The Labute approximate surface area is 201 Å². The molecule has 34 heavy (non-hydrogen) atoms. The summed E-state index contributed by atoms with van der Waals surface area (Å²) >= 11 is 1.55. The maximum absolute atomic E-state index is 13.5. The number of halogens is 2. The smallest absolute Gasteiger partial charge is 0.216 e. The Morgan fingerprint density at radius 2 is 1.71 bits per heavy atom. The number of hydrogen-bond donors (Lipinski definition) is 1. The highest BCUT2D eigenvalue weighted by atomic mass is 32.1. The summed E-state index contributed by atoms with van der Waals surface area (Å²) in [4.78, 5) is 10.3. The number of nitrogens with zero attached hydrogens (tertiary/aromatic N) is 5. The average Bonchev–Trinajstić information content (AvgIpc) is 3.33. The van der Waals surface area contributed by atoms with Crippen molar-refractivity contribution in [1.82, 2.24) is 19.5 Å². The van der Waals surface area contributed by atoms with Crippen LogP contribution in [-0.4, -0.2) is 51.2 Å². The number of aromatic nitrogens is 3. The predicted molar refractivity (Wildman–Crippen MR) is 134 cm³/mol. The van der Waals surface area contributed by atoms with Crippen LogP contribution in [0.5, 0.6) is 0 Å². The Morgan fingerprint density at radius 1 is 0.971 bits per heavy atom. The van der Waals surface area contributed by atoms with Crippen LogP contribution in [0.15, 0.2) is 48.5 Å². The second-order valence-electron chi connectivity index (χ2n) is 9.66. The molecule has 1 saturated heterocycles. The van der Waals surface area contributed by atoms with E-state index in [-0.39, 0.29) is 17.2 Å². The van der Waals surface area contributed by atoms with Crippen LogP contribution in [-0.2, 0) is 6.54 Å². The van der Waals surface area contributed by atoms with Gasteiger partial charge in [0.05, 0.1) is 0 Å². The first-order chi connectivity index (χ1) is 16.2. The second-order valence-corrected chi connectivity index (χ2v) is 10.6. The van der Waals surface area contributed by atoms with E-state index >= 15 is 0 Å². The van der Waals surface area contributed by atoms with Crippen molar-refractivity contribution < 1.29 is 8.78 Å². The van der Waals surface area contributed by atoms with Crippen molar-refractivity contribution in [2.24, 2.45) is 0 Å². The number of imidazole rings is 1. The maximum atomic E-state index is 13.5. The topological polar surface area (TPSA) is 48.7 Å². The molecular weight excluding hydrogens is 454 g/mol. The van der Waals surface area contributed by atoms with Crippen LogP contribution in [0.25, 0.3) is 16.2 Å². The van der Waals surface area contributed by atoms with Gasteiger partial charge in [0.2, 0.25) is 10.1 Å². The van der Waals surface area contributed by atoms with Crippen LogP contribution in [0, 0.1) is 11.6 Å². The van der Waals surface area contributed by atoms with E-state index in [9.17, 15) is 8.78 Å². The van der Waals surface area contributed by atoms with Gasteiger partial charge in [-0.2, -0.15) is 4.52 Å². The van der Waals surface area contributed by atoms with Crippen molar-refractivity contribution in [3.63, 3.8) is 0 Å². The summed E-state index contributed by atoms with van der Waals surface area (Å²) in [6.45, 7) is 10.5. The van der Waals surface area contributed by atoms with E-state index in [4.69, 9.17) is 10.1 Å². The van der Waals surface area contributed by atoms with Gasteiger partial charge in [-0.25, -0.2) is 13.8 Å². The lowest BCUT2D eigenvalue weighted by atomic mass is 10.1. The zero-order valence-electron chi connectivity index (χ0n) is 19.6. The summed E-state index contributed by atoms with van der Waals surface area (Å²) in [5.41, 5.74) is 2.41. The summed E-state index contributed by atoms with van der Waals surface area (Å²) in [6.07, 6.45) is 0. The third-order valence-electron chi connectivity index (χ3n) is 5.74. The molecular formula is C25H28F2N6S. The van der Waals surface area contributed by atoms with E-state index in [1.165, 1.54) is 18.2 Å².